The first-order chi connectivity index (χ1) is 10.5. The van der Waals surface area contributed by atoms with E-state index in [1.807, 2.05) is 32.3 Å². The molecular weight excluding hydrogens is 278 g/mol. The van der Waals surface area contributed by atoms with E-state index in [-0.39, 0.29) is 0 Å². The fourth-order valence-corrected chi connectivity index (χ4v) is 2.17. The van der Waals surface area contributed by atoms with Gasteiger partial charge in [0.2, 0.25) is 0 Å². The maximum atomic E-state index is 5.77. The van der Waals surface area contributed by atoms with Crippen LogP contribution in [-0.2, 0) is 13.6 Å². The molecule has 0 amide bonds. The van der Waals surface area contributed by atoms with Crippen LogP contribution in [0.1, 0.15) is 25.1 Å². The van der Waals surface area contributed by atoms with Crippen LogP contribution in [0.15, 0.2) is 24.4 Å². The van der Waals surface area contributed by atoms with Crippen molar-refractivity contribution in [3.63, 3.8) is 0 Å². The summed E-state index contributed by atoms with van der Waals surface area (Å²) in [6.45, 7) is 7.64. The molecule has 0 aliphatic carbocycles. The van der Waals surface area contributed by atoms with Crippen LogP contribution >= 0.6 is 0 Å². The molecule has 22 heavy (non-hydrogen) atoms. The van der Waals surface area contributed by atoms with Crippen molar-refractivity contribution in [1.29, 1.82) is 0 Å². The van der Waals surface area contributed by atoms with Crippen molar-refractivity contribution in [1.82, 2.24) is 9.78 Å². The maximum Gasteiger partial charge on any atom is 0.161 e. The van der Waals surface area contributed by atoms with Gasteiger partial charge >= 0.3 is 0 Å². The summed E-state index contributed by atoms with van der Waals surface area (Å²) in [5.74, 6) is 2.04. The number of nitrogens with zero attached hydrogens (tertiary/aromatic N) is 2. The van der Waals surface area contributed by atoms with E-state index in [0.29, 0.717) is 19.1 Å². The van der Waals surface area contributed by atoms with Crippen molar-refractivity contribution >= 4 is 5.69 Å². The Balaban J connectivity index is 2.04. The second-order valence-electron chi connectivity index (χ2n) is 5.85. The Labute approximate surface area is 132 Å². The Morgan fingerprint density at radius 1 is 1.27 bits per heavy atom. The van der Waals surface area contributed by atoms with Crippen molar-refractivity contribution in [3.8, 4) is 11.5 Å². The molecule has 2 aromatic rings. The summed E-state index contributed by atoms with van der Waals surface area (Å²) < 4.78 is 13.0. The quantitative estimate of drug-likeness (QED) is 0.852. The molecule has 0 saturated carbocycles. The minimum atomic E-state index is 0.486. The zero-order valence-corrected chi connectivity index (χ0v) is 14.0. The van der Waals surface area contributed by atoms with Gasteiger partial charge in [0, 0.05) is 19.8 Å². The van der Waals surface area contributed by atoms with E-state index in [2.05, 4.69) is 30.3 Å². The molecule has 1 aromatic heterocycles. The van der Waals surface area contributed by atoms with Gasteiger partial charge in [-0.15, -0.1) is 0 Å². The third-order valence-corrected chi connectivity index (χ3v) is 3.30. The number of rotatable bonds is 7. The topological polar surface area (TPSA) is 48.3 Å². The fourth-order valence-electron chi connectivity index (χ4n) is 2.17. The molecule has 0 unspecified atom stereocenters. The lowest BCUT2D eigenvalue weighted by molar-refractivity contribution is 0.257. The summed E-state index contributed by atoms with van der Waals surface area (Å²) >= 11 is 0. The zero-order chi connectivity index (χ0) is 16.1. The second-order valence-corrected chi connectivity index (χ2v) is 5.85. The third kappa shape index (κ3) is 4.16. The molecule has 5 nitrogen and oxygen atoms in total. The molecule has 0 spiro atoms. The van der Waals surface area contributed by atoms with Gasteiger partial charge in [-0.05, 0) is 30.5 Å². The first kappa shape index (κ1) is 16.2. The molecule has 1 N–H and O–H groups in total. The molecule has 1 aromatic carbocycles. The normalized spacial score (nSPS) is 10.8. The number of benzene rings is 1. The lowest BCUT2D eigenvalue weighted by Crippen LogP contribution is -2.06. The first-order valence-electron chi connectivity index (χ1n) is 7.53. The average molecular weight is 303 g/mol. The predicted molar refractivity (Wildman–Crippen MR) is 88.6 cm³/mol. The Kier molecular flexibility index (Phi) is 5.31. The van der Waals surface area contributed by atoms with Gasteiger partial charge in [-0.1, -0.05) is 19.9 Å². The van der Waals surface area contributed by atoms with Crippen molar-refractivity contribution in [3.05, 3.63) is 35.7 Å². The highest BCUT2D eigenvalue weighted by Gasteiger charge is 2.08. The largest absolute Gasteiger partial charge is 0.493 e. The van der Waals surface area contributed by atoms with E-state index in [0.717, 1.165) is 28.4 Å². The Bertz CT molecular complexity index is 620. The summed E-state index contributed by atoms with van der Waals surface area (Å²) in [5, 5.41) is 7.71. The number of hydrogen-bond donors (Lipinski definition) is 1. The highest BCUT2D eigenvalue weighted by atomic mass is 16.5. The van der Waals surface area contributed by atoms with Gasteiger partial charge in [-0.25, -0.2) is 0 Å². The molecule has 1 heterocycles. The van der Waals surface area contributed by atoms with Crippen molar-refractivity contribution in [2.24, 2.45) is 13.0 Å². The minimum absolute atomic E-state index is 0.486. The van der Waals surface area contributed by atoms with Gasteiger partial charge in [0.05, 0.1) is 25.1 Å². The number of nitrogens with one attached hydrogen (secondary N) is 1. The monoisotopic (exact) mass is 303 g/mol. The predicted octanol–water partition coefficient (Wildman–Crippen LogP) is 3.38. The van der Waals surface area contributed by atoms with Crippen LogP contribution in [0.3, 0.4) is 0 Å². The first-order valence-corrected chi connectivity index (χ1v) is 7.53. The summed E-state index contributed by atoms with van der Waals surface area (Å²) in [6, 6.07) is 6.03. The number of anilines is 1. The maximum absolute atomic E-state index is 5.77. The van der Waals surface area contributed by atoms with Crippen LogP contribution in [0.25, 0.3) is 0 Å². The van der Waals surface area contributed by atoms with Crippen LogP contribution in [-0.4, -0.2) is 23.5 Å². The third-order valence-electron chi connectivity index (χ3n) is 3.30. The number of hydrogen-bond acceptors (Lipinski definition) is 4. The molecule has 0 atom stereocenters. The number of aromatic nitrogens is 2. The summed E-state index contributed by atoms with van der Waals surface area (Å²) in [5.41, 5.74) is 3.17. The van der Waals surface area contributed by atoms with Crippen LogP contribution < -0.4 is 14.8 Å². The van der Waals surface area contributed by atoms with Gasteiger partial charge in [0.1, 0.15) is 0 Å². The van der Waals surface area contributed by atoms with E-state index < -0.39 is 0 Å². The van der Waals surface area contributed by atoms with Gasteiger partial charge in [0.25, 0.3) is 0 Å². The van der Waals surface area contributed by atoms with E-state index in [1.54, 1.807) is 11.8 Å². The lowest BCUT2D eigenvalue weighted by atomic mass is 10.2. The van der Waals surface area contributed by atoms with Crippen molar-refractivity contribution in [2.75, 3.05) is 19.0 Å². The lowest BCUT2D eigenvalue weighted by Gasteiger charge is -2.14. The van der Waals surface area contributed by atoms with Gasteiger partial charge in [-0.2, -0.15) is 5.10 Å². The van der Waals surface area contributed by atoms with Gasteiger partial charge < -0.3 is 14.8 Å². The number of methoxy groups -OCH3 is 1. The molecule has 0 fully saturated rings. The Hall–Kier alpha value is -2.17. The summed E-state index contributed by atoms with van der Waals surface area (Å²) in [6.07, 6.45) is 1.98. The molecule has 0 saturated heterocycles. The fraction of sp³-hybridized carbons (Fsp3) is 0.471. The standard InChI is InChI=1S/C17H25N3O2/c1-12(2)11-22-16-7-6-14(8-17(16)21-5)9-18-15-10-20(4)19-13(15)3/h6-8,10,12,18H,9,11H2,1-5H3. The molecule has 0 aliphatic rings. The van der Waals surface area contributed by atoms with E-state index in [1.165, 1.54) is 0 Å². The van der Waals surface area contributed by atoms with E-state index in [4.69, 9.17) is 9.47 Å². The number of aryl methyl sites for hydroxylation is 2. The molecule has 5 heteroatoms. The van der Waals surface area contributed by atoms with E-state index in [9.17, 15) is 0 Å². The van der Waals surface area contributed by atoms with Crippen LogP contribution in [0.5, 0.6) is 11.5 Å². The molecule has 0 bridgehead atoms. The summed E-state index contributed by atoms with van der Waals surface area (Å²) in [4.78, 5) is 0. The van der Waals surface area contributed by atoms with Gasteiger partial charge in [-0.3, -0.25) is 4.68 Å². The average Bonchev–Trinajstić information content (AvgIpc) is 2.81. The Morgan fingerprint density at radius 2 is 2.05 bits per heavy atom. The second kappa shape index (κ2) is 7.20. The SMILES string of the molecule is COc1cc(CNc2cn(C)nc2C)ccc1OCC(C)C. The van der Waals surface area contributed by atoms with Crippen molar-refractivity contribution < 1.29 is 9.47 Å². The van der Waals surface area contributed by atoms with Crippen LogP contribution in [0, 0.1) is 12.8 Å². The smallest absolute Gasteiger partial charge is 0.161 e. The molecular formula is C17H25N3O2. The highest BCUT2D eigenvalue weighted by Crippen LogP contribution is 2.29. The van der Waals surface area contributed by atoms with E-state index >= 15 is 0 Å². The molecule has 2 rings (SSSR count). The summed E-state index contributed by atoms with van der Waals surface area (Å²) in [7, 11) is 3.59. The zero-order valence-electron chi connectivity index (χ0n) is 14.0. The molecule has 0 aliphatic heterocycles. The minimum Gasteiger partial charge on any atom is -0.493 e. The van der Waals surface area contributed by atoms with Crippen LogP contribution in [0.4, 0.5) is 5.69 Å². The van der Waals surface area contributed by atoms with Crippen molar-refractivity contribution in [2.45, 2.75) is 27.3 Å². The molecule has 120 valence electrons. The Morgan fingerprint density at radius 3 is 2.64 bits per heavy atom. The molecule has 0 radical (unpaired) electrons. The number of ether oxygens (including phenoxy) is 2. The van der Waals surface area contributed by atoms with Gasteiger partial charge in [0.15, 0.2) is 11.5 Å². The van der Waals surface area contributed by atoms with Crippen LogP contribution in [0.2, 0.25) is 0 Å². The highest BCUT2D eigenvalue weighted by molar-refractivity contribution is 5.48.